The zero-order valence-corrected chi connectivity index (χ0v) is 16.7. The third-order valence-electron chi connectivity index (χ3n) is 4.33. The highest BCUT2D eigenvalue weighted by molar-refractivity contribution is 6.30. The van der Waals surface area contributed by atoms with Crippen molar-refractivity contribution in [2.75, 3.05) is 23.3 Å². The van der Waals surface area contributed by atoms with Crippen molar-refractivity contribution in [3.05, 3.63) is 77.2 Å². The molecule has 0 aliphatic heterocycles. The van der Waals surface area contributed by atoms with Crippen molar-refractivity contribution in [3.63, 3.8) is 0 Å². The number of halogens is 1. The molecule has 1 heterocycles. The second kappa shape index (κ2) is 9.33. The van der Waals surface area contributed by atoms with Crippen LogP contribution in [-0.4, -0.2) is 19.0 Å². The number of amides is 1. The standard InChI is InChI=1S/C22H23ClN2O3/c1-3-25(4-2)18-9-7-17(8-10-18)24-22(26)21-14-13-20(28-21)15-27-19-11-5-16(23)6-12-19/h5-14H,3-4,15H2,1-2H3,(H,24,26). The Morgan fingerprint density at radius 3 is 2.32 bits per heavy atom. The van der Waals surface area contributed by atoms with E-state index in [0.717, 1.165) is 24.5 Å². The lowest BCUT2D eigenvalue weighted by molar-refractivity contribution is 0.0992. The maximum absolute atomic E-state index is 12.4. The van der Waals surface area contributed by atoms with E-state index < -0.39 is 0 Å². The Morgan fingerprint density at radius 1 is 1.00 bits per heavy atom. The Balaban J connectivity index is 1.57. The molecule has 2 aromatic carbocycles. The quantitative estimate of drug-likeness (QED) is 0.535. The number of nitrogens with one attached hydrogen (secondary N) is 1. The van der Waals surface area contributed by atoms with Gasteiger partial charge in [-0.05, 0) is 74.5 Å². The average molecular weight is 399 g/mol. The maximum atomic E-state index is 12.4. The van der Waals surface area contributed by atoms with Crippen molar-refractivity contribution in [2.24, 2.45) is 0 Å². The summed E-state index contributed by atoms with van der Waals surface area (Å²) < 4.78 is 11.2. The zero-order valence-electron chi connectivity index (χ0n) is 15.9. The van der Waals surface area contributed by atoms with Gasteiger partial charge in [-0.2, -0.15) is 0 Å². The maximum Gasteiger partial charge on any atom is 0.291 e. The highest BCUT2D eigenvalue weighted by Gasteiger charge is 2.12. The first-order valence-electron chi connectivity index (χ1n) is 9.22. The molecule has 0 saturated heterocycles. The molecule has 3 rings (SSSR count). The Hall–Kier alpha value is -2.92. The van der Waals surface area contributed by atoms with Crippen molar-refractivity contribution in [3.8, 4) is 5.75 Å². The van der Waals surface area contributed by atoms with E-state index in [9.17, 15) is 4.79 Å². The van der Waals surface area contributed by atoms with E-state index in [1.54, 1.807) is 36.4 Å². The highest BCUT2D eigenvalue weighted by atomic mass is 35.5. The summed E-state index contributed by atoms with van der Waals surface area (Å²) in [6.07, 6.45) is 0. The van der Waals surface area contributed by atoms with Gasteiger partial charge in [-0.1, -0.05) is 11.6 Å². The predicted octanol–water partition coefficient (Wildman–Crippen LogP) is 5.61. The summed E-state index contributed by atoms with van der Waals surface area (Å²) in [5.41, 5.74) is 1.85. The van der Waals surface area contributed by atoms with Crippen LogP contribution >= 0.6 is 11.6 Å². The minimum Gasteiger partial charge on any atom is -0.486 e. The molecule has 1 aromatic heterocycles. The van der Waals surface area contributed by atoms with E-state index in [1.165, 1.54) is 0 Å². The summed E-state index contributed by atoms with van der Waals surface area (Å²) in [4.78, 5) is 14.6. The van der Waals surface area contributed by atoms with E-state index in [2.05, 4.69) is 24.1 Å². The van der Waals surface area contributed by atoms with Gasteiger partial charge in [0.05, 0.1) is 0 Å². The van der Waals surface area contributed by atoms with Gasteiger partial charge in [0.1, 0.15) is 18.1 Å². The topological polar surface area (TPSA) is 54.7 Å². The fourth-order valence-electron chi connectivity index (χ4n) is 2.80. The van der Waals surface area contributed by atoms with Crippen LogP contribution in [0.25, 0.3) is 0 Å². The van der Waals surface area contributed by atoms with Crippen LogP contribution < -0.4 is 15.0 Å². The molecule has 6 heteroatoms. The number of carbonyl (C=O) groups excluding carboxylic acids is 1. The molecular formula is C22H23ClN2O3. The first-order valence-corrected chi connectivity index (χ1v) is 9.60. The summed E-state index contributed by atoms with van der Waals surface area (Å²) in [6.45, 7) is 6.34. The number of carbonyl (C=O) groups is 1. The van der Waals surface area contributed by atoms with E-state index in [4.69, 9.17) is 20.8 Å². The smallest absolute Gasteiger partial charge is 0.291 e. The van der Waals surface area contributed by atoms with Crippen LogP contribution in [0.3, 0.4) is 0 Å². The molecular weight excluding hydrogens is 376 g/mol. The predicted molar refractivity (Wildman–Crippen MR) is 112 cm³/mol. The van der Waals surface area contributed by atoms with Crippen molar-refractivity contribution in [1.82, 2.24) is 0 Å². The van der Waals surface area contributed by atoms with Crippen LogP contribution in [0, 0.1) is 0 Å². The van der Waals surface area contributed by atoms with Gasteiger partial charge < -0.3 is 19.4 Å². The molecule has 0 saturated carbocycles. The lowest BCUT2D eigenvalue weighted by Crippen LogP contribution is -2.21. The average Bonchev–Trinajstić information content (AvgIpc) is 3.19. The van der Waals surface area contributed by atoms with Gasteiger partial charge in [0.25, 0.3) is 5.91 Å². The monoisotopic (exact) mass is 398 g/mol. The highest BCUT2D eigenvalue weighted by Crippen LogP contribution is 2.20. The van der Waals surface area contributed by atoms with Crippen LogP contribution in [0.2, 0.25) is 5.02 Å². The summed E-state index contributed by atoms with van der Waals surface area (Å²) in [7, 11) is 0. The molecule has 28 heavy (non-hydrogen) atoms. The second-order valence-corrected chi connectivity index (χ2v) is 6.62. The zero-order chi connectivity index (χ0) is 19.9. The SMILES string of the molecule is CCN(CC)c1ccc(NC(=O)c2ccc(COc3ccc(Cl)cc3)o2)cc1. The molecule has 0 aliphatic carbocycles. The second-order valence-electron chi connectivity index (χ2n) is 6.18. The molecule has 0 bridgehead atoms. The minimum atomic E-state index is -0.298. The first-order chi connectivity index (χ1) is 13.6. The van der Waals surface area contributed by atoms with Gasteiger partial charge in [-0.15, -0.1) is 0 Å². The van der Waals surface area contributed by atoms with Gasteiger partial charge in [-0.25, -0.2) is 0 Å². The molecule has 0 aliphatic rings. The molecule has 1 amide bonds. The van der Waals surface area contributed by atoms with Crippen molar-refractivity contribution in [2.45, 2.75) is 20.5 Å². The number of benzene rings is 2. The van der Waals surface area contributed by atoms with Crippen LogP contribution in [0.1, 0.15) is 30.2 Å². The molecule has 0 fully saturated rings. The lowest BCUT2D eigenvalue weighted by Gasteiger charge is -2.21. The lowest BCUT2D eigenvalue weighted by atomic mass is 10.2. The molecule has 0 radical (unpaired) electrons. The third kappa shape index (κ3) is 5.08. The number of rotatable bonds is 8. The van der Waals surface area contributed by atoms with E-state index in [-0.39, 0.29) is 18.3 Å². The Morgan fingerprint density at radius 2 is 1.68 bits per heavy atom. The van der Waals surface area contributed by atoms with Crippen molar-refractivity contribution >= 4 is 28.9 Å². The molecule has 0 atom stereocenters. The normalized spacial score (nSPS) is 10.5. The number of furan rings is 1. The summed E-state index contributed by atoms with van der Waals surface area (Å²) in [6, 6.07) is 18.2. The molecule has 3 aromatic rings. The summed E-state index contributed by atoms with van der Waals surface area (Å²) >= 11 is 5.85. The molecule has 1 N–H and O–H groups in total. The van der Waals surface area contributed by atoms with Gasteiger partial charge in [0, 0.05) is 29.5 Å². The fraction of sp³-hybridized carbons (Fsp3) is 0.227. The molecule has 0 spiro atoms. The van der Waals surface area contributed by atoms with Gasteiger partial charge in [0.2, 0.25) is 0 Å². The number of ether oxygens (including phenoxy) is 1. The van der Waals surface area contributed by atoms with Crippen LogP contribution in [-0.2, 0) is 6.61 Å². The number of nitrogens with zero attached hydrogens (tertiary/aromatic N) is 1. The Kier molecular flexibility index (Phi) is 6.61. The number of hydrogen-bond donors (Lipinski definition) is 1. The first kappa shape index (κ1) is 19.8. The van der Waals surface area contributed by atoms with Crippen LogP contribution in [0.5, 0.6) is 5.75 Å². The molecule has 5 nitrogen and oxygen atoms in total. The number of hydrogen-bond acceptors (Lipinski definition) is 4. The third-order valence-corrected chi connectivity index (χ3v) is 4.59. The van der Waals surface area contributed by atoms with Crippen molar-refractivity contribution < 1.29 is 13.9 Å². The molecule has 0 unspecified atom stereocenters. The molecule has 146 valence electrons. The number of anilines is 2. The van der Waals surface area contributed by atoms with Gasteiger partial charge >= 0.3 is 0 Å². The van der Waals surface area contributed by atoms with E-state index >= 15 is 0 Å². The van der Waals surface area contributed by atoms with E-state index in [1.807, 2.05) is 24.3 Å². The van der Waals surface area contributed by atoms with Crippen molar-refractivity contribution in [1.29, 1.82) is 0 Å². The minimum absolute atomic E-state index is 0.230. The van der Waals surface area contributed by atoms with Gasteiger partial charge in [-0.3, -0.25) is 4.79 Å². The Labute approximate surface area is 169 Å². The Bertz CT molecular complexity index is 900. The van der Waals surface area contributed by atoms with Crippen LogP contribution in [0.15, 0.2) is 65.1 Å². The fourth-order valence-corrected chi connectivity index (χ4v) is 2.93. The summed E-state index contributed by atoms with van der Waals surface area (Å²) in [5.74, 6) is 1.19. The van der Waals surface area contributed by atoms with Gasteiger partial charge in [0.15, 0.2) is 5.76 Å². The summed E-state index contributed by atoms with van der Waals surface area (Å²) in [5, 5.41) is 3.49. The van der Waals surface area contributed by atoms with E-state index in [0.29, 0.717) is 16.5 Å². The van der Waals surface area contributed by atoms with Crippen LogP contribution in [0.4, 0.5) is 11.4 Å². The largest absolute Gasteiger partial charge is 0.486 e.